The smallest absolute Gasteiger partial charge is 0.0928 e. The molecule has 3 rings (SSSR count). The second-order valence-corrected chi connectivity index (χ2v) is 7.59. The predicted molar refractivity (Wildman–Crippen MR) is 110 cm³/mol. The summed E-state index contributed by atoms with van der Waals surface area (Å²) in [4.78, 5) is 0. The van der Waals surface area contributed by atoms with Crippen LogP contribution in [0, 0.1) is 5.92 Å². The molecule has 138 valence electrons. The summed E-state index contributed by atoms with van der Waals surface area (Å²) >= 11 is 0. The molecule has 0 N–H and O–H groups in total. The maximum Gasteiger partial charge on any atom is 0.0928 e. The molecule has 0 heterocycles. The van der Waals surface area contributed by atoms with Gasteiger partial charge < -0.3 is 0 Å². The van der Waals surface area contributed by atoms with E-state index in [-0.39, 0.29) is 6.67 Å². The molecule has 2 aromatic carbocycles. The van der Waals surface area contributed by atoms with Crippen LogP contribution in [0.15, 0.2) is 60.7 Å². The van der Waals surface area contributed by atoms with Crippen LogP contribution in [0.4, 0.5) is 4.39 Å². The molecule has 0 bridgehead atoms. The van der Waals surface area contributed by atoms with Gasteiger partial charge in [0.2, 0.25) is 0 Å². The Labute approximate surface area is 158 Å². The van der Waals surface area contributed by atoms with E-state index in [1.54, 1.807) is 0 Å². The number of hydrogen-bond donors (Lipinski definition) is 0. The molecule has 1 fully saturated rings. The molecular weight excluding hydrogens is 319 g/mol. The lowest BCUT2D eigenvalue weighted by molar-refractivity contribution is 0.375. The van der Waals surface area contributed by atoms with Crippen molar-refractivity contribution in [1.29, 1.82) is 0 Å². The van der Waals surface area contributed by atoms with Gasteiger partial charge in [-0.1, -0.05) is 74.0 Å². The van der Waals surface area contributed by atoms with E-state index in [9.17, 15) is 4.39 Å². The topological polar surface area (TPSA) is 0 Å². The average Bonchev–Trinajstić information content (AvgIpc) is 2.70. The maximum atomic E-state index is 12.2. The predicted octanol–water partition coefficient (Wildman–Crippen LogP) is 7.50. The van der Waals surface area contributed by atoms with E-state index in [0.29, 0.717) is 18.3 Å². The molecule has 0 aromatic heterocycles. The molecule has 0 unspecified atom stereocenters. The van der Waals surface area contributed by atoms with E-state index in [4.69, 9.17) is 0 Å². The van der Waals surface area contributed by atoms with E-state index >= 15 is 0 Å². The van der Waals surface area contributed by atoms with Crippen molar-refractivity contribution in [3.05, 3.63) is 71.8 Å². The van der Waals surface area contributed by atoms with Crippen molar-refractivity contribution in [1.82, 2.24) is 0 Å². The van der Waals surface area contributed by atoms with Crippen LogP contribution in [0.1, 0.15) is 62.5 Å². The van der Waals surface area contributed by atoms with Crippen molar-refractivity contribution in [3.8, 4) is 11.1 Å². The zero-order valence-corrected chi connectivity index (χ0v) is 16.0. The summed E-state index contributed by atoms with van der Waals surface area (Å²) in [5.41, 5.74) is 5.51. The Hall–Kier alpha value is -1.89. The Morgan fingerprint density at radius 1 is 0.885 bits per heavy atom. The molecule has 0 saturated heterocycles. The van der Waals surface area contributed by atoms with Crippen molar-refractivity contribution in [2.45, 2.75) is 57.8 Å². The van der Waals surface area contributed by atoms with Gasteiger partial charge in [-0.3, -0.25) is 4.39 Å². The lowest BCUT2D eigenvalue weighted by Crippen LogP contribution is -2.11. The molecule has 1 aliphatic carbocycles. The Morgan fingerprint density at radius 3 is 2.08 bits per heavy atom. The molecule has 2 aromatic rings. The van der Waals surface area contributed by atoms with Crippen molar-refractivity contribution >= 4 is 0 Å². The molecule has 26 heavy (non-hydrogen) atoms. The fourth-order valence-electron chi connectivity index (χ4n) is 4.10. The largest absolute Gasteiger partial charge is 0.251 e. The molecule has 0 radical (unpaired) electrons. The third kappa shape index (κ3) is 5.06. The Balaban J connectivity index is 1.58. The molecule has 0 spiro atoms. The van der Waals surface area contributed by atoms with E-state index in [0.717, 1.165) is 6.42 Å². The van der Waals surface area contributed by atoms with E-state index < -0.39 is 0 Å². The van der Waals surface area contributed by atoms with Crippen LogP contribution in [0.25, 0.3) is 11.1 Å². The fourth-order valence-corrected chi connectivity index (χ4v) is 4.10. The van der Waals surface area contributed by atoms with Gasteiger partial charge in [0.25, 0.3) is 0 Å². The second kappa shape index (κ2) is 9.71. The van der Waals surface area contributed by atoms with Gasteiger partial charge >= 0.3 is 0 Å². The van der Waals surface area contributed by atoms with Gasteiger partial charge in [0, 0.05) is 0 Å². The average molecular weight is 351 g/mol. The number of rotatable bonds is 7. The zero-order valence-electron chi connectivity index (χ0n) is 16.0. The van der Waals surface area contributed by atoms with Crippen LogP contribution < -0.4 is 0 Å². The quantitative estimate of drug-likeness (QED) is 0.454. The van der Waals surface area contributed by atoms with Crippen LogP contribution in [-0.4, -0.2) is 6.67 Å². The van der Waals surface area contributed by atoms with Gasteiger partial charge in [0.1, 0.15) is 0 Å². The van der Waals surface area contributed by atoms with Gasteiger partial charge in [-0.2, -0.15) is 0 Å². The minimum Gasteiger partial charge on any atom is -0.251 e. The minimum atomic E-state index is -0.237. The first-order valence-electron chi connectivity index (χ1n) is 10.2. The van der Waals surface area contributed by atoms with Crippen LogP contribution in [-0.2, 0) is 6.42 Å². The number of aryl methyl sites for hydroxylation is 1. The maximum absolute atomic E-state index is 12.2. The third-order valence-corrected chi connectivity index (χ3v) is 5.66. The van der Waals surface area contributed by atoms with Crippen molar-refractivity contribution in [2.24, 2.45) is 5.92 Å². The van der Waals surface area contributed by atoms with Crippen molar-refractivity contribution in [3.63, 3.8) is 0 Å². The molecule has 1 heteroatoms. The molecule has 1 saturated carbocycles. The first kappa shape index (κ1) is 18.9. The monoisotopic (exact) mass is 350 g/mol. The van der Waals surface area contributed by atoms with Crippen molar-refractivity contribution < 1.29 is 4.39 Å². The summed E-state index contributed by atoms with van der Waals surface area (Å²) in [7, 11) is 0. The highest BCUT2D eigenvalue weighted by Crippen LogP contribution is 2.37. The van der Waals surface area contributed by atoms with Gasteiger partial charge in [-0.05, 0) is 72.6 Å². The lowest BCUT2D eigenvalue weighted by atomic mass is 9.78. The van der Waals surface area contributed by atoms with E-state index in [2.05, 4.69) is 61.5 Å². The lowest BCUT2D eigenvalue weighted by Gasteiger charge is -2.27. The summed E-state index contributed by atoms with van der Waals surface area (Å²) in [6, 6.07) is 18.2. The SMILES string of the molecule is CCCc1ccc(-c2ccc(C3CCC(/C=C/CCF)CC3)cc2)cc1. The summed E-state index contributed by atoms with van der Waals surface area (Å²) in [5, 5.41) is 0. The van der Waals surface area contributed by atoms with Crippen LogP contribution in [0.5, 0.6) is 0 Å². The minimum absolute atomic E-state index is 0.237. The third-order valence-electron chi connectivity index (χ3n) is 5.66. The van der Waals surface area contributed by atoms with Crippen LogP contribution in [0.2, 0.25) is 0 Å². The Kier molecular flexibility index (Phi) is 7.05. The fraction of sp³-hybridized carbons (Fsp3) is 0.440. The molecular formula is C25H31F. The molecule has 1 aliphatic rings. The number of allylic oxidation sites excluding steroid dienone is 2. The first-order valence-corrected chi connectivity index (χ1v) is 10.2. The highest BCUT2D eigenvalue weighted by molar-refractivity contribution is 5.64. The van der Waals surface area contributed by atoms with Gasteiger partial charge in [-0.15, -0.1) is 0 Å². The standard InChI is InChI=1S/C25H31F/c1-2-5-20-7-11-22(12-8-20)24-15-17-25(18-16-24)23-13-9-21(10-14-23)6-3-4-19-26/h3,6-8,11-12,15-18,21,23H,2,4-5,9-10,13-14,19H2,1H3/b6-3+. The number of hydrogen-bond acceptors (Lipinski definition) is 0. The molecule has 0 aliphatic heterocycles. The number of benzene rings is 2. The summed E-state index contributed by atoms with van der Waals surface area (Å²) < 4.78 is 12.2. The van der Waals surface area contributed by atoms with Crippen molar-refractivity contribution in [2.75, 3.05) is 6.67 Å². The number of halogens is 1. The van der Waals surface area contributed by atoms with Crippen LogP contribution >= 0.6 is 0 Å². The van der Waals surface area contributed by atoms with E-state index in [1.165, 1.54) is 54.4 Å². The first-order chi connectivity index (χ1) is 12.8. The normalized spacial score (nSPS) is 20.5. The number of alkyl halides is 1. The summed E-state index contributed by atoms with van der Waals surface area (Å²) in [6.45, 7) is 1.99. The van der Waals surface area contributed by atoms with Gasteiger partial charge in [0.15, 0.2) is 0 Å². The van der Waals surface area contributed by atoms with E-state index in [1.807, 2.05) is 6.08 Å². The highest BCUT2D eigenvalue weighted by Gasteiger charge is 2.20. The zero-order chi connectivity index (χ0) is 18.2. The Bertz CT molecular complexity index is 673. The van der Waals surface area contributed by atoms with Crippen LogP contribution in [0.3, 0.4) is 0 Å². The highest BCUT2D eigenvalue weighted by atomic mass is 19.1. The molecule has 0 amide bonds. The Morgan fingerprint density at radius 2 is 1.50 bits per heavy atom. The second-order valence-electron chi connectivity index (χ2n) is 7.59. The molecule has 0 atom stereocenters. The summed E-state index contributed by atoms with van der Waals surface area (Å²) in [6.07, 6.45) is 12.1. The van der Waals surface area contributed by atoms with Gasteiger partial charge in [0.05, 0.1) is 6.67 Å². The van der Waals surface area contributed by atoms with Gasteiger partial charge in [-0.25, -0.2) is 0 Å². The molecule has 0 nitrogen and oxygen atoms in total. The summed E-state index contributed by atoms with van der Waals surface area (Å²) in [5.74, 6) is 1.33.